The fourth-order valence-corrected chi connectivity index (χ4v) is 3.14. The van der Waals surface area contributed by atoms with Crippen LogP contribution in [0.2, 0.25) is 10.0 Å². The van der Waals surface area contributed by atoms with E-state index < -0.39 is 0 Å². The molecule has 1 heterocycles. The SMILES string of the molecule is Br.C=CCn1c(=N)n(CCOc2ccc(Cl)cc2Cl)c2ccccc21. The summed E-state index contributed by atoms with van der Waals surface area (Å²) in [5, 5.41) is 9.46. The molecule has 0 aliphatic heterocycles. The number of fused-ring (bicyclic) bond motifs is 1. The predicted octanol–water partition coefficient (Wildman–Crippen LogP) is 5.07. The van der Waals surface area contributed by atoms with Crippen molar-refractivity contribution in [3.8, 4) is 5.75 Å². The number of para-hydroxylation sites is 2. The molecule has 132 valence electrons. The van der Waals surface area contributed by atoms with Gasteiger partial charge in [-0.05, 0) is 30.3 Å². The molecule has 3 rings (SSSR count). The number of hydrogen-bond acceptors (Lipinski definition) is 2. The summed E-state index contributed by atoms with van der Waals surface area (Å²) >= 11 is 12.0. The van der Waals surface area contributed by atoms with Crippen LogP contribution in [0, 0.1) is 5.41 Å². The first-order valence-electron chi connectivity index (χ1n) is 7.53. The van der Waals surface area contributed by atoms with Gasteiger partial charge in [-0.3, -0.25) is 5.41 Å². The highest BCUT2D eigenvalue weighted by atomic mass is 79.9. The van der Waals surface area contributed by atoms with Crippen LogP contribution in [0.4, 0.5) is 0 Å². The Balaban J connectivity index is 0.00000225. The van der Waals surface area contributed by atoms with E-state index in [1.165, 1.54) is 0 Å². The van der Waals surface area contributed by atoms with Crippen LogP contribution in [-0.2, 0) is 13.1 Å². The fourth-order valence-electron chi connectivity index (χ4n) is 2.67. The molecule has 0 unspecified atom stereocenters. The lowest BCUT2D eigenvalue weighted by Gasteiger charge is -2.09. The van der Waals surface area contributed by atoms with Gasteiger partial charge in [0, 0.05) is 11.6 Å². The lowest BCUT2D eigenvalue weighted by molar-refractivity contribution is 0.297. The molecule has 0 fully saturated rings. The number of benzene rings is 2. The summed E-state index contributed by atoms with van der Waals surface area (Å²) in [6.45, 7) is 5.31. The summed E-state index contributed by atoms with van der Waals surface area (Å²) in [5.41, 5.74) is 2.42. The maximum Gasteiger partial charge on any atom is 0.203 e. The Labute approximate surface area is 166 Å². The van der Waals surface area contributed by atoms with Gasteiger partial charge in [-0.2, -0.15) is 0 Å². The zero-order valence-corrected chi connectivity index (χ0v) is 16.6. The normalized spacial score (nSPS) is 10.5. The second-order valence-corrected chi connectivity index (χ2v) is 6.13. The molecule has 2 aromatic carbocycles. The zero-order valence-electron chi connectivity index (χ0n) is 13.4. The Morgan fingerprint density at radius 3 is 2.40 bits per heavy atom. The Morgan fingerprint density at radius 1 is 1.08 bits per heavy atom. The lowest BCUT2D eigenvalue weighted by atomic mass is 10.3. The second-order valence-electron chi connectivity index (χ2n) is 5.29. The van der Waals surface area contributed by atoms with Crippen molar-refractivity contribution in [1.82, 2.24) is 9.13 Å². The Hall–Kier alpha value is -1.69. The number of nitrogens with one attached hydrogen (secondary N) is 1. The van der Waals surface area contributed by atoms with E-state index in [0.717, 1.165) is 11.0 Å². The maximum absolute atomic E-state index is 8.41. The largest absolute Gasteiger partial charge is 0.490 e. The van der Waals surface area contributed by atoms with Crippen LogP contribution in [0.25, 0.3) is 11.0 Å². The number of aromatic nitrogens is 2. The first-order valence-corrected chi connectivity index (χ1v) is 8.29. The van der Waals surface area contributed by atoms with E-state index in [1.54, 1.807) is 24.3 Å². The minimum atomic E-state index is 0. The van der Waals surface area contributed by atoms with E-state index in [2.05, 4.69) is 6.58 Å². The van der Waals surface area contributed by atoms with Crippen molar-refractivity contribution < 1.29 is 4.74 Å². The number of allylic oxidation sites excluding steroid dienone is 1. The van der Waals surface area contributed by atoms with Crippen LogP contribution >= 0.6 is 40.2 Å². The summed E-state index contributed by atoms with van der Waals surface area (Å²) in [7, 11) is 0. The number of imidazole rings is 1. The molecular formula is C18H18BrCl2N3O. The Bertz CT molecular complexity index is 949. The molecule has 0 aliphatic carbocycles. The van der Waals surface area contributed by atoms with Gasteiger partial charge in [0.1, 0.15) is 12.4 Å². The van der Waals surface area contributed by atoms with Gasteiger partial charge in [0.2, 0.25) is 5.62 Å². The number of ether oxygens (including phenoxy) is 1. The van der Waals surface area contributed by atoms with Crippen molar-refractivity contribution in [2.45, 2.75) is 13.1 Å². The van der Waals surface area contributed by atoms with E-state index in [-0.39, 0.29) is 17.0 Å². The summed E-state index contributed by atoms with van der Waals surface area (Å²) in [4.78, 5) is 0. The van der Waals surface area contributed by atoms with Gasteiger partial charge in [-0.15, -0.1) is 23.6 Å². The quantitative estimate of drug-likeness (QED) is 0.532. The third-order valence-corrected chi connectivity index (χ3v) is 4.28. The zero-order chi connectivity index (χ0) is 17.1. The highest BCUT2D eigenvalue weighted by molar-refractivity contribution is 8.93. The monoisotopic (exact) mass is 441 g/mol. The van der Waals surface area contributed by atoms with Gasteiger partial charge >= 0.3 is 0 Å². The first kappa shape index (κ1) is 19.6. The first-order chi connectivity index (χ1) is 11.6. The van der Waals surface area contributed by atoms with E-state index >= 15 is 0 Å². The Kier molecular flexibility index (Phi) is 6.76. The molecule has 0 saturated carbocycles. The van der Waals surface area contributed by atoms with Crippen LogP contribution in [0.3, 0.4) is 0 Å². The van der Waals surface area contributed by atoms with E-state index in [0.29, 0.717) is 41.1 Å². The van der Waals surface area contributed by atoms with Gasteiger partial charge in [0.05, 0.1) is 22.6 Å². The van der Waals surface area contributed by atoms with Crippen molar-refractivity contribution in [2.75, 3.05) is 6.61 Å². The molecular weight excluding hydrogens is 425 g/mol. The highest BCUT2D eigenvalue weighted by Crippen LogP contribution is 2.27. The van der Waals surface area contributed by atoms with E-state index in [9.17, 15) is 0 Å². The average molecular weight is 443 g/mol. The van der Waals surface area contributed by atoms with Crippen molar-refractivity contribution in [2.24, 2.45) is 0 Å². The third kappa shape index (κ3) is 4.11. The summed E-state index contributed by atoms with van der Waals surface area (Å²) in [5.74, 6) is 0.586. The molecule has 0 atom stereocenters. The minimum absolute atomic E-state index is 0. The van der Waals surface area contributed by atoms with Gasteiger partial charge in [0.15, 0.2) is 0 Å². The standard InChI is InChI=1S/C18H17Cl2N3O.BrH/c1-2-9-22-15-5-3-4-6-16(15)23(18(22)21)10-11-24-17-8-7-13(19)12-14(17)20;/h2-8,12,21H,1,9-11H2;1H. The average Bonchev–Trinajstić information content (AvgIpc) is 2.83. The second kappa shape index (κ2) is 8.61. The predicted molar refractivity (Wildman–Crippen MR) is 108 cm³/mol. The smallest absolute Gasteiger partial charge is 0.203 e. The van der Waals surface area contributed by atoms with Crippen molar-refractivity contribution in [3.63, 3.8) is 0 Å². The van der Waals surface area contributed by atoms with Gasteiger partial charge in [-0.25, -0.2) is 0 Å². The van der Waals surface area contributed by atoms with Gasteiger partial charge in [-0.1, -0.05) is 41.4 Å². The van der Waals surface area contributed by atoms with Crippen LogP contribution in [0.15, 0.2) is 55.1 Å². The molecule has 4 nitrogen and oxygen atoms in total. The molecule has 1 N–H and O–H groups in total. The van der Waals surface area contributed by atoms with Gasteiger partial charge in [0.25, 0.3) is 0 Å². The number of rotatable bonds is 6. The number of halogens is 3. The van der Waals surface area contributed by atoms with E-state index in [1.807, 2.05) is 33.4 Å². The molecule has 0 saturated heterocycles. The molecule has 25 heavy (non-hydrogen) atoms. The topological polar surface area (TPSA) is 42.9 Å². The molecule has 0 spiro atoms. The minimum Gasteiger partial charge on any atom is -0.490 e. The molecule has 0 bridgehead atoms. The third-order valence-electron chi connectivity index (χ3n) is 3.75. The van der Waals surface area contributed by atoms with Crippen molar-refractivity contribution >= 4 is 51.2 Å². The molecule has 7 heteroatoms. The fraction of sp³-hybridized carbons (Fsp3) is 0.167. The van der Waals surface area contributed by atoms with Gasteiger partial charge < -0.3 is 13.9 Å². The summed E-state index contributed by atoms with van der Waals surface area (Å²) < 4.78 is 9.58. The molecule has 0 aliphatic rings. The number of nitrogens with zero attached hydrogens (tertiary/aromatic N) is 2. The summed E-state index contributed by atoms with van der Waals surface area (Å²) in [6, 6.07) is 13.1. The maximum atomic E-state index is 8.41. The molecule has 1 aromatic heterocycles. The molecule has 0 radical (unpaired) electrons. The van der Waals surface area contributed by atoms with Crippen LogP contribution in [0.5, 0.6) is 5.75 Å². The molecule has 0 amide bonds. The Morgan fingerprint density at radius 2 is 1.76 bits per heavy atom. The van der Waals surface area contributed by atoms with Crippen LogP contribution < -0.4 is 10.4 Å². The van der Waals surface area contributed by atoms with Crippen molar-refractivity contribution in [1.29, 1.82) is 5.41 Å². The lowest BCUT2D eigenvalue weighted by Crippen LogP contribution is -2.26. The molecule has 3 aromatic rings. The highest BCUT2D eigenvalue weighted by Gasteiger charge is 2.10. The van der Waals surface area contributed by atoms with Crippen LogP contribution in [0.1, 0.15) is 0 Å². The van der Waals surface area contributed by atoms with Crippen LogP contribution in [-0.4, -0.2) is 15.7 Å². The van der Waals surface area contributed by atoms with Crippen molar-refractivity contribution in [3.05, 3.63) is 70.8 Å². The summed E-state index contributed by atoms with van der Waals surface area (Å²) in [6.07, 6.45) is 1.79. The van der Waals surface area contributed by atoms with E-state index in [4.69, 9.17) is 33.3 Å². The number of hydrogen-bond donors (Lipinski definition) is 1.